The van der Waals surface area contributed by atoms with E-state index in [1.807, 2.05) is 47.9 Å². The van der Waals surface area contributed by atoms with Crippen LogP contribution in [0, 0.1) is 0 Å². The van der Waals surface area contributed by atoms with Gasteiger partial charge in [-0.05, 0) is 23.4 Å². The minimum absolute atomic E-state index is 0.376. The Morgan fingerprint density at radius 3 is 2.33 bits per heavy atom. The van der Waals surface area contributed by atoms with Crippen molar-refractivity contribution in [2.75, 3.05) is 7.11 Å². The molecule has 0 aromatic heterocycles. The largest absolute Gasteiger partial charge is 0.465 e. The monoisotopic (exact) mass is 261 g/mol. The Morgan fingerprint density at radius 1 is 1.06 bits per heavy atom. The molecule has 1 heterocycles. The molecule has 1 aliphatic rings. The Hall–Kier alpha value is -1.94. The molecule has 4 heteroatoms. The first-order valence-electron chi connectivity index (χ1n) is 5.37. The van der Waals surface area contributed by atoms with E-state index in [9.17, 15) is 4.79 Å². The topological polar surface area (TPSA) is 38.3 Å². The highest BCUT2D eigenvalue weighted by atomic mass is 32.2. The van der Waals surface area contributed by atoms with Gasteiger partial charge in [0.05, 0.1) is 12.7 Å². The molecule has 0 bridgehead atoms. The number of nitrogens with one attached hydrogen (secondary N) is 1. The summed E-state index contributed by atoms with van der Waals surface area (Å²) in [5, 5.41) is 1.88. The molecule has 0 amide bonds. The number of carbonyl (C=O) groups is 1. The van der Waals surface area contributed by atoms with Crippen LogP contribution in [0.25, 0.3) is 0 Å². The molecular formula is C14H15NO2S. The summed E-state index contributed by atoms with van der Waals surface area (Å²) in [4.78, 5) is 11.4. The molecule has 18 heavy (non-hydrogen) atoms. The molecule has 0 atom stereocenters. The molecule has 0 saturated carbocycles. The number of esters is 1. The lowest BCUT2D eigenvalue weighted by molar-refractivity contribution is -0.135. The second-order valence-electron chi connectivity index (χ2n) is 3.17. The van der Waals surface area contributed by atoms with Crippen molar-refractivity contribution in [3.63, 3.8) is 0 Å². The van der Waals surface area contributed by atoms with E-state index in [1.54, 1.807) is 18.4 Å². The normalized spacial score (nSPS) is 22.8. The third-order valence-corrected chi connectivity index (χ3v) is 2.45. The van der Waals surface area contributed by atoms with E-state index >= 15 is 0 Å². The predicted molar refractivity (Wildman–Crippen MR) is 76.5 cm³/mol. The van der Waals surface area contributed by atoms with Gasteiger partial charge in [-0.3, -0.25) is 0 Å². The van der Waals surface area contributed by atoms with E-state index in [2.05, 4.69) is 9.46 Å². The van der Waals surface area contributed by atoms with Crippen LogP contribution in [0.1, 0.15) is 0 Å². The first-order valence-corrected chi connectivity index (χ1v) is 6.25. The van der Waals surface area contributed by atoms with Crippen molar-refractivity contribution in [1.29, 1.82) is 0 Å². The fraction of sp³-hybridized carbons (Fsp3) is 0.0714. The van der Waals surface area contributed by atoms with Gasteiger partial charge < -0.3 is 9.46 Å². The lowest BCUT2D eigenvalue weighted by Crippen LogP contribution is -2.05. The third-order valence-electron chi connectivity index (χ3n) is 1.90. The molecule has 0 unspecified atom stereocenters. The Kier molecular flexibility index (Phi) is 7.16. The minimum Gasteiger partial charge on any atom is -0.465 e. The number of hydrogen-bond acceptors (Lipinski definition) is 4. The summed E-state index contributed by atoms with van der Waals surface area (Å²) in [7, 11) is 1.36. The summed E-state index contributed by atoms with van der Waals surface area (Å²) in [5.41, 5.74) is 0.458. The maximum Gasteiger partial charge on any atom is 0.339 e. The van der Waals surface area contributed by atoms with E-state index in [1.165, 1.54) is 19.1 Å². The SMILES string of the molecule is COC(=O)C1=CNS\C=C/C=C/C=C/C=C/C=C1. The van der Waals surface area contributed by atoms with Gasteiger partial charge in [-0.2, -0.15) is 0 Å². The van der Waals surface area contributed by atoms with Crippen LogP contribution in [0.4, 0.5) is 0 Å². The Morgan fingerprint density at radius 2 is 1.67 bits per heavy atom. The highest BCUT2D eigenvalue weighted by Gasteiger charge is 2.04. The first kappa shape index (κ1) is 14.1. The number of allylic oxidation sites excluding steroid dienone is 8. The Balaban J connectivity index is 2.82. The Bertz CT molecular complexity index is 443. The van der Waals surface area contributed by atoms with Gasteiger partial charge in [0, 0.05) is 6.20 Å². The number of hydrogen-bond donors (Lipinski definition) is 1. The zero-order valence-electron chi connectivity index (χ0n) is 10.1. The van der Waals surface area contributed by atoms with Gasteiger partial charge in [-0.25, -0.2) is 4.79 Å². The molecule has 0 fully saturated rings. The summed E-state index contributed by atoms with van der Waals surface area (Å²) in [6, 6.07) is 0. The second-order valence-corrected chi connectivity index (χ2v) is 3.91. The van der Waals surface area contributed by atoms with Crippen LogP contribution in [0.15, 0.2) is 71.9 Å². The molecule has 1 rings (SSSR count). The van der Waals surface area contributed by atoms with Crippen molar-refractivity contribution in [2.45, 2.75) is 0 Å². The van der Waals surface area contributed by atoms with Gasteiger partial charge in [0.2, 0.25) is 0 Å². The quantitative estimate of drug-likeness (QED) is 0.581. The van der Waals surface area contributed by atoms with Crippen molar-refractivity contribution < 1.29 is 9.53 Å². The molecule has 0 aromatic rings. The van der Waals surface area contributed by atoms with Crippen molar-refractivity contribution in [2.24, 2.45) is 0 Å². The van der Waals surface area contributed by atoms with E-state index in [4.69, 9.17) is 0 Å². The zero-order valence-corrected chi connectivity index (χ0v) is 10.9. The molecule has 0 radical (unpaired) electrons. The second kappa shape index (κ2) is 9.13. The van der Waals surface area contributed by atoms with Gasteiger partial charge in [0.25, 0.3) is 0 Å². The minimum atomic E-state index is -0.376. The molecule has 0 spiro atoms. The summed E-state index contributed by atoms with van der Waals surface area (Å²) in [5.74, 6) is -0.376. The van der Waals surface area contributed by atoms with Gasteiger partial charge in [-0.15, -0.1) is 0 Å². The average molecular weight is 261 g/mol. The van der Waals surface area contributed by atoms with Crippen LogP contribution in [0.5, 0.6) is 0 Å². The first-order chi connectivity index (χ1) is 8.84. The maximum atomic E-state index is 11.4. The van der Waals surface area contributed by atoms with Crippen LogP contribution in [0.2, 0.25) is 0 Å². The van der Waals surface area contributed by atoms with E-state index < -0.39 is 0 Å². The molecule has 1 N–H and O–H groups in total. The number of rotatable bonds is 1. The summed E-state index contributed by atoms with van der Waals surface area (Å²) in [6.45, 7) is 0. The lowest BCUT2D eigenvalue weighted by Gasteiger charge is -2.00. The standard InChI is InChI=1S/C14H15NO2S/c1-17-14(16)13-10-8-6-4-2-3-5-7-9-11-18-15-12-13/h2-12,15H,1H3/b3-2+,6-4+,7-5+,10-8?,11-9-,13-12?. The molecule has 1 aliphatic heterocycles. The van der Waals surface area contributed by atoms with E-state index in [0.29, 0.717) is 5.57 Å². The maximum absolute atomic E-state index is 11.4. The fourth-order valence-corrected chi connectivity index (χ4v) is 1.50. The molecule has 0 aromatic carbocycles. The van der Waals surface area contributed by atoms with Crippen LogP contribution >= 0.6 is 11.9 Å². The highest BCUT2D eigenvalue weighted by molar-refractivity contribution is 8.00. The van der Waals surface area contributed by atoms with Gasteiger partial charge in [0.1, 0.15) is 0 Å². The molecule has 0 saturated heterocycles. The fourth-order valence-electron chi connectivity index (χ4n) is 1.06. The van der Waals surface area contributed by atoms with Gasteiger partial charge in [-0.1, -0.05) is 48.6 Å². The van der Waals surface area contributed by atoms with E-state index in [0.717, 1.165) is 0 Å². The number of methoxy groups -OCH3 is 1. The average Bonchev–Trinajstić information content (AvgIpc) is 2.40. The van der Waals surface area contributed by atoms with Gasteiger partial charge in [0.15, 0.2) is 0 Å². The zero-order chi connectivity index (χ0) is 13.1. The molecular weight excluding hydrogens is 246 g/mol. The third kappa shape index (κ3) is 5.96. The summed E-state index contributed by atoms with van der Waals surface area (Å²) < 4.78 is 7.63. The van der Waals surface area contributed by atoms with Crippen LogP contribution in [-0.2, 0) is 9.53 Å². The number of carbonyl (C=O) groups excluding carboxylic acids is 1. The molecule has 0 aliphatic carbocycles. The van der Waals surface area contributed by atoms with Crippen molar-refractivity contribution in [3.05, 3.63) is 71.9 Å². The van der Waals surface area contributed by atoms with E-state index in [-0.39, 0.29) is 5.97 Å². The van der Waals surface area contributed by atoms with Gasteiger partial charge >= 0.3 is 5.97 Å². The lowest BCUT2D eigenvalue weighted by atomic mass is 10.2. The smallest absolute Gasteiger partial charge is 0.339 e. The van der Waals surface area contributed by atoms with Crippen molar-refractivity contribution >= 4 is 17.9 Å². The molecule has 94 valence electrons. The van der Waals surface area contributed by atoms with Crippen LogP contribution < -0.4 is 4.72 Å². The van der Waals surface area contributed by atoms with Crippen molar-refractivity contribution in [3.8, 4) is 0 Å². The number of ether oxygens (including phenoxy) is 1. The predicted octanol–water partition coefficient (Wildman–Crippen LogP) is 3.03. The van der Waals surface area contributed by atoms with Crippen LogP contribution in [-0.4, -0.2) is 13.1 Å². The van der Waals surface area contributed by atoms with Crippen LogP contribution in [0.3, 0.4) is 0 Å². The summed E-state index contributed by atoms with van der Waals surface area (Å²) in [6.07, 6.45) is 18.4. The Labute approximate surface area is 111 Å². The summed E-state index contributed by atoms with van der Waals surface area (Å²) >= 11 is 1.37. The van der Waals surface area contributed by atoms with Crippen molar-refractivity contribution in [1.82, 2.24) is 4.72 Å². The molecule has 3 nitrogen and oxygen atoms in total. The highest BCUT2D eigenvalue weighted by Crippen LogP contribution is 2.03.